The third-order valence-electron chi connectivity index (χ3n) is 4.16. The van der Waals surface area contributed by atoms with E-state index in [-0.39, 0.29) is 4.90 Å². The number of nitrogens with two attached hydrogens (primary N) is 1. The summed E-state index contributed by atoms with van der Waals surface area (Å²) in [6.45, 7) is 2.26. The van der Waals surface area contributed by atoms with Crippen molar-refractivity contribution in [3.8, 4) is 5.75 Å². The average molecular weight is 344 g/mol. The maximum Gasteiger partial charge on any atom is 0.268 e. The van der Waals surface area contributed by atoms with E-state index in [1.165, 1.54) is 3.97 Å². The Morgan fingerprint density at radius 3 is 2.46 bits per heavy atom. The Bertz CT molecular complexity index is 976. The average Bonchev–Trinajstić information content (AvgIpc) is 2.88. The van der Waals surface area contributed by atoms with Gasteiger partial charge in [0.2, 0.25) is 0 Å². The van der Waals surface area contributed by atoms with E-state index in [1.807, 2.05) is 13.0 Å². The van der Waals surface area contributed by atoms with E-state index in [9.17, 15) is 8.42 Å². The molecule has 126 valence electrons. The number of benzene rings is 2. The van der Waals surface area contributed by atoms with Crippen LogP contribution in [-0.2, 0) is 16.4 Å². The van der Waals surface area contributed by atoms with Crippen molar-refractivity contribution in [3.63, 3.8) is 0 Å². The van der Waals surface area contributed by atoms with Crippen LogP contribution in [0.15, 0.2) is 53.4 Å². The van der Waals surface area contributed by atoms with Crippen molar-refractivity contribution in [1.29, 1.82) is 0 Å². The summed E-state index contributed by atoms with van der Waals surface area (Å²) < 4.78 is 33.0. The van der Waals surface area contributed by atoms with Gasteiger partial charge in [0.1, 0.15) is 5.75 Å². The molecule has 5 nitrogen and oxygen atoms in total. The first-order valence-electron chi connectivity index (χ1n) is 7.69. The lowest BCUT2D eigenvalue weighted by Gasteiger charge is -2.10. The van der Waals surface area contributed by atoms with E-state index >= 15 is 0 Å². The monoisotopic (exact) mass is 344 g/mol. The molecule has 0 radical (unpaired) electrons. The molecule has 1 heterocycles. The number of fused-ring (bicyclic) bond motifs is 1. The number of hydrogen-bond donors (Lipinski definition) is 1. The molecular formula is C18H20N2O3S. The molecule has 2 N–H and O–H groups in total. The van der Waals surface area contributed by atoms with Crippen molar-refractivity contribution in [2.24, 2.45) is 5.73 Å². The summed E-state index contributed by atoms with van der Waals surface area (Å²) in [5.74, 6) is 0.690. The maximum atomic E-state index is 13.1. The maximum absolute atomic E-state index is 13.1. The highest BCUT2D eigenvalue weighted by atomic mass is 32.2. The third kappa shape index (κ3) is 2.57. The molecule has 2 aromatic carbocycles. The van der Waals surface area contributed by atoms with Crippen LogP contribution in [0.1, 0.15) is 11.3 Å². The fraction of sp³-hybridized carbons (Fsp3) is 0.222. The smallest absolute Gasteiger partial charge is 0.268 e. The van der Waals surface area contributed by atoms with Crippen LogP contribution in [0.25, 0.3) is 10.9 Å². The number of aromatic nitrogens is 1. The lowest BCUT2D eigenvalue weighted by molar-refractivity contribution is 0.415. The van der Waals surface area contributed by atoms with Crippen LogP contribution in [0.2, 0.25) is 0 Å². The van der Waals surface area contributed by atoms with Crippen molar-refractivity contribution < 1.29 is 13.2 Å². The van der Waals surface area contributed by atoms with E-state index < -0.39 is 10.0 Å². The summed E-state index contributed by atoms with van der Waals surface area (Å²) in [6, 6.07) is 13.9. The predicted octanol–water partition coefficient (Wildman–Crippen LogP) is 2.70. The first-order valence-corrected chi connectivity index (χ1v) is 9.13. The van der Waals surface area contributed by atoms with Crippen molar-refractivity contribution >= 4 is 20.9 Å². The first kappa shape index (κ1) is 16.5. The van der Waals surface area contributed by atoms with E-state index in [2.05, 4.69) is 0 Å². The van der Waals surface area contributed by atoms with Gasteiger partial charge >= 0.3 is 0 Å². The van der Waals surface area contributed by atoms with E-state index in [1.54, 1.807) is 49.6 Å². The number of ether oxygens (including phenoxy) is 1. The highest BCUT2D eigenvalue weighted by molar-refractivity contribution is 7.90. The molecule has 0 aliphatic rings. The largest absolute Gasteiger partial charge is 0.497 e. The van der Waals surface area contributed by atoms with Crippen LogP contribution in [0.5, 0.6) is 5.75 Å². The Morgan fingerprint density at radius 2 is 1.83 bits per heavy atom. The van der Waals surface area contributed by atoms with Crippen molar-refractivity contribution in [2.45, 2.75) is 18.2 Å². The van der Waals surface area contributed by atoms with Gasteiger partial charge in [-0.05, 0) is 55.8 Å². The second kappa shape index (κ2) is 6.30. The van der Waals surface area contributed by atoms with E-state index in [0.29, 0.717) is 29.9 Å². The second-order valence-corrected chi connectivity index (χ2v) is 7.35. The normalized spacial score (nSPS) is 11.8. The lowest BCUT2D eigenvalue weighted by Crippen LogP contribution is -2.15. The minimum absolute atomic E-state index is 0.264. The highest BCUT2D eigenvalue weighted by Gasteiger charge is 2.24. The fourth-order valence-electron chi connectivity index (χ4n) is 3.03. The van der Waals surface area contributed by atoms with Gasteiger partial charge in [0.25, 0.3) is 10.0 Å². The molecule has 0 fully saturated rings. The summed E-state index contributed by atoms with van der Waals surface area (Å²) in [5.41, 5.74) is 7.99. The van der Waals surface area contributed by atoms with Gasteiger partial charge in [0.15, 0.2) is 0 Å². The molecule has 1 aromatic heterocycles. The summed E-state index contributed by atoms with van der Waals surface area (Å²) >= 11 is 0. The van der Waals surface area contributed by atoms with Crippen LogP contribution in [0, 0.1) is 6.92 Å². The SMILES string of the molecule is COc1ccc2c(c1)c(CCN)c(C)n2S(=O)(=O)c1ccccc1. The molecule has 0 saturated carbocycles. The predicted molar refractivity (Wildman–Crippen MR) is 95.0 cm³/mol. The van der Waals surface area contributed by atoms with Gasteiger partial charge in [-0.1, -0.05) is 18.2 Å². The molecule has 0 aliphatic heterocycles. The fourth-order valence-corrected chi connectivity index (χ4v) is 4.63. The zero-order chi connectivity index (χ0) is 17.3. The summed E-state index contributed by atoms with van der Waals surface area (Å²) in [5, 5.41) is 0.858. The molecule has 6 heteroatoms. The summed E-state index contributed by atoms with van der Waals surface area (Å²) in [4.78, 5) is 0.264. The molecule has 0 atom stereocenters. The van der Waals surface area contributed by atoms with Gasteiger partial charge in [-0.25, -0.2) is 12.4 Å². The molecule has 0 amide bonds. The summed E-state index contributed by atoms with van der Waals surface area (Å²) in [6.07, 6.45) is 0.604. The van der Waals surface area contributed by atoms with Gasteiger partial charge in [0, 0.05) is 11.1 Å². The van der Waals surface area contributed by atoms with Crippen LogP contribution in [-0.4, -0.2) is 26.0 Å². The number of methoxy groups -OCH3 is 1. The zero-order valence-corrected chi connectivity index (χ0v) is 14.5. The van der Waals surface area contributed by atoms with E-state index in [4.69, 9.17) is 10.5 Å². The Morgan fingerprint density at radius 1 is 1.12 bits per heavy atom. The lowest BCUT2D eigenvalue weighted by atomic mass is 10.1. The van der Waals surface area contributed by atoms with Gasteiger partial charge in [-0.3, -0.25) is 0 Å². The Hall–Kier alpha value is -2.31. The standard InChI is InChI=1S/C18H20N2O3S/c1-13-16(10-11-19)17-12-14(23-2)8-9-18(17)20(13)24(21,22)15-6-4-3-5-7-15/h3-9,12H,10-11,19H2,1-2H3. The molecule has 0 spiro atoms. The summed E-state index contributed by atoms with van der Waals surface area (Å²) in [7, 11) is -2.09. The van der Waals surface area contributed by atoms with Crippen molar-refractivity contribution in [2.75, 3.05) is 13.7 Å². The highest BCUT2D eigenvalue weighted by Crippen LogP contribution is 2.32. The minimum atomic E-state index is -3.68. The van der Waals surface area contributed by atoms with Crippen LogP contribution < -0.4 is 10.5 Å². The van der Waals surface area contributed by atoms with Crippen LogP contribution >= 0.6 is 0 Å². The molecule has 0 aliphatic carbocycles. The molecule has 24 heavy (non-hydrogen) atoms. The zero-order valence-electron chi connectivity index (χ0n) is 13.7. The second-order valence-electron chi connectivity index (χ2n) is 5.57. The van der Waals surface area contributed by atoms with Crippen LogP contribution in [0.3, 0.4) is 0 Å². The number of hydrogen-bond acceptors (Lipinski definition) is 4. The number of nitrogens with zero attached hydrogens (tertiary/aromatic N) is 1. The quantitative estimate of drug-likeness (QED) is 0.772. The Kier molecular flexibility index (Phi) is 4.34. The van der Waals surface area contributed by atoms with E-state index in [0.717, 1.165) is 10.9 Å². The van der Waals surface area contributed by atoms with Crippen LogP contribution in [0.4, 0.5) is 0 Å². The molecular weight excluding hydrogens is 324 g/mol. The Labute approximate surface area is 141 Å². The third-order valence-corrected chi connectivity index (χ3v) is 5.98. The van der Waals surface area contributed by atoms with Gasteiger partial charge in [-0.15, -0.1) is 0 Å². The van der Waals surface area contributed by atoms with Crippen molar-refractivity contribution in [3.05, 3.63) is 59.8 Å². The Balaban J connectivity index is 2.34. The molecule has 3 aromatic rings. The molecule has 0 bridgehead atoms. The first-order chi connectivity index (χ1) is 11.5. The minimum Gasteiger partial charge on any atom is -0.497 e. The van der Waals surface area contributed by atoms with Gasteiger partial charge < -0.3 is 10.5 Å². The van der Waals surface area contributed by atoms with Crippen molar-refractivity contribution in [1.82, 2.24) is 3.97 Å². The number of rotatable bonds is 5. The molecule has 3 rings (SSSR count). The topological polar surface area (TPSA) is 74.3 Å². The molecule has 0 unspecified atom stereocenters. The van der Waals surface area contributed by atoms with Gasteiger partial charge in [-0.2, -0.15) is 0 Å². The van der Waals surface area contributed by atoms with Gasteiger partial charge in [0.05, 0.1) is 17.5 Å². The molecule has 0 saturated heterocycles.